The third-order valence-corrected chi connectivity index (χ3v) is 3.34. The van der Waals surface area contributed by atoms with Crippen molar-refractivity contribution in [2.75, 3.05) is 32.7 Å². The van der Waals surface area contributed by atoms with E-state index < -0.39 is 5.97 Å². The molecule has 0 radical (unpaired) electrons. The minimum atomic E-state index is -0.679. The molecule has 1 atom stereocenters. The van der Waals surface area contributed by atoms with Crippen LogP contribution in [-0.2, 0) is 4.79 Å². The van der Waals surface area contributed by atoms with Crippen molar-refractivity contribution in [2.24, 2.45) is 0 Å². The lowest BCUT2D eigenvalue weighted by molar-refractivity contribution is -0.145. The number of carboxylic acid groups (broad SMARTS) is 1. The summed E-state index contributed by atoms with van der Waals surface area (Å²) in [6.07, 6.45) is 3.65. The third-order valence-electron chi connectivity index (χ3n) is 3.34. The molecule has 1 saturated heterocycles. The van der Waals surface area contributed by atoms with Gasteiger partial charge in [0.15, 0.2) is 0 Å². The van der Waals surface area contributed by atoms with E-state index in [-0.39, 0.29) is 6.04 Å². The van der Waals surface area contributed by atoms with Crippen LogP contribution in [0.15, 0.2) is 0 Å². The summed E-state index contributed by atoms with van der Waals surface area (Å²) in [5, 5.41) is 9.16. The number of carbonyl (C=O) groups is 1. The van der Waals surface area contributed by atoms with Crippen molar-refractivity contribution < 1.29 is 9.90 Å². The smallest absolute Gasteiger partial charge is 0.322 e. The van der Waals surface area contributed by atoms with Crippen molar-refractivity contribution in [3.05, 3.63) is 0 Å². The Kier molecular flexibility index (Phi) is 5.77. The monoisotopic (exact) mass is 228 g/mol. The number of piperazine rings is 1. The first-order valence-electron chi connectivity index (χ1n) is 6.38. The number of nitrogens with zero attached hydrogens (tertiary/aromatic N) is 2. The largest absolute Gasteiger partial charge is 0.480 e. The first kappa shape index (κ1) is 13.5. The van der Waals surface area contributed by atoms with Gasteiger partial charge in [-0.15, -0.1) is 0 Å². The Balaban J connectivity index is 2.39. The topological polar surface area (TPSA) is 43.8 Å². The molecule has 16 heavy (non-hydrogen) atoms. The molecule has 0 aliphatic carbocycles. The normalized spacial score (nSPS) is 23.5. The Morgan fingerprint density at radius 3 is 2.62 bits per heavy atom. The second-order valence-electron chi connectivity index (χ2n) is 4.49. The van der Waals surface area contributed by atoms with Crippen molar-refractivity contribution in [2.45, 2.75) is 39.2 Å². The molecule has 1 aliphatic heterocycles. The van der Waals surface area contributed by atoms with Gasteiger partial charge in [-0.2, -0.15) is 0 Å². The second kappa shape index (κ2) is 6.86. The van der Waals surface area contributed by atoms with Crippen molar-refractivity contribution in [3.63, 3.8) is 0 Å². The van der Waals surface area contributed by atoms with Gasteiger partial charge in [-0.1, -0.05) is 26.7 Å². The van der Waals surface area contributed by atoms with Gasteiger partial charge in [0.1, 0.15) is 6.04 Å². The molecule has 1 aliphatic rings. The number of hydrogen-bond acceptors (Lipinski definition) is 3. The van der Waals surface area contributed by atoms with Crippen LogP contribution < -0.4 is 0 Å². The molecule has 0 saturated carbocycles. The molecule has 4 nitrogen and oxygen atoms in total. The van der Waals surface area contributed by atoms with Gasteiger partial charge in [0.05, 0.1) is 0 Å². The Hall–Kier alpha value is -0.610. The van der Waals surface area contributed by atoms with Crippen LogP contribution in [0.2, 0.25) is 0 Å². The van der Waals surface area contributed by atoms with Crippen molar-refractivity contribution in [1.82, 2.24) is 9.80 Å². The summed E-state index contributed by atoms with van der Waals surface area (Å²) < 4.78 is 0. The van der Waals surface area contributed by atoms with E-state index >= 15 is 0 Å². The SMILES string of the molecule is CCCCCN1CCN(CC)C(C(=O)O)C1. The Bertz CT molecular complexity index is 219. The van der Waals surface area contributed by atoms with E-state index in [4.69, 9.17) is 5.11 Å². The van der Waals surface area contributed by atoms with Gasteiger partial charge in [-0.25, -0.2) is 0 Å². The Labute approximate surface area is 98.2 Å². The Morgan fingerprint density at radius 2 is 2.06 bits per heavy atom. The maximum Gasteiger partial charge on any atom is 0.322 e. The average molecular weight is 228 g/mol. The standard InChI is InChI=1S/C12H24N2O2/c1-3-5-6-7-13-8-9-14(4-2)11(10-13)12(15)16/h11H,3-10H2,1-2H3,(H,15,16). The van der Waals surface area contributed by atoms with Crippen molar-refractivity contribution in [3.8, 4) is 0 Å². The van der Waals surface area contributed by atoms with Crippen LogP contribution in [0.1, 0.15) is 33.1 Å². The lowest BCUT2D eigenvalue weighted by atomic mass is 10.1. The zero-order valence-corrected chi connectivity index (χ0v) is 10.5. The number of likely N-dealkylation sites (N-methyl/N-ethyl adjacent to an activating group) is 1. The van der Waals surface area contributed by atoms with Crippen LogP contribution in [0, 0.1) is 0 Å². The third kappa shape index (κ3) is 3.76. The predicted molar refractivity (Wildman–Crippen MR) is 64.6 cm³/mol. The average Bonchev–Trinajstić information content (AvgIpc) is 2.29. The highest BCUT2D eigenvalue weighted by Gasteiger charge is 2.30. The van der Waals surface area contributed by atoms with Gasteiger partial charge in [0.2, 0.25) is 0 Å². The van der Waals surface area contributed by atoms with Crippen LogP contribution in [0.5, 0.6) is 0 Å². The predicted octanol–water partition coefficient (Wildman–Crippen LogP) is 1.27. The highest BCUT2D eigenvalue weighted by atomic mass is 16.4. The van der Waals surface area contributed by atoms with Gasteiger partial charge in [-0.05, 0) is 19.5 Å². The molecule has 0 amide bonds. The number of aliphatic carboxylic acids is 1. The lowest BCUT2D eigenvalue weighted by Crippen LogP contribution is -2.56. The fourth-order valence-corrected chi connectivity index (χ4v) is 2.28. The fourth-order valence-electron chi connectivity index (χ4n) is 2.28. The van der Waals surface area contributed by atoms with E-state index in [1.54, 1.807) is 0 Å². The van der Waals surface area contributed by atoms with Gasteiger partial charge in [0.25, 0.3) is 0 Å². The van der Waals surface area contributed by atoms with Crippen LogP contribution >= 0.6 is 0 Å². The molecule has 0 aromatic rings. The second-order valence-corrected chi connectivity index (χ2v) is 4.49. The summed E-state index contributed by atoms with van der Waals surface area (Å²) in [5.41, 5.74) is 0. The van der Waals surface area contributed by atoms with Crippen molar-refractivity contribution >= 4 is 5.97 Å². The summed E-state index contributed by atoms with van der Waals surface area (Å²) >= 11 is 0. The number of carboxylic acids is 1. The van der Waals surface area contributed by atoms with E-state index in [9.17, 15) is 4.79 Å². The number of hydrogen-bond donors (Lipinski definition) is 1. The van der Waals surface area contributed by atoms with E-state index in [2.05, 4.69) is 16.7 Å². The molecular formula is C12H24N2O2. The summed E-state index contributed by atoms with van der Waals surface area (Å²) in [6, 6.07) is -0.305. The lowest BCUT2D eigenvalue weighted by Gasteiger charge is -2.38. The molecular weight excluding hydrogens is 204 g/mol. The first-order valence-corrected chi connectivity index (χ1v) is 6.38. The van der Waals surface area contributed by atoms with Crippen molar-refractivity contribution in [1.29, 1.82) is 0 Å². The van der Waals surface area contributed by atoms with Crippen LogP contribution in [-0.4, -0.2) is 59.6 Å². The van der Waals surface area contributed by atoms with Gasteiger partial charge in [0, 0.05) is 19.6 Å². The molecule has 4 heteroatoms. The zero-order valence-electron chi connectivity index (χ0n) is 10.5. The molecule has 0 aromatic carbocycles. The molecule has 94 valence electrons. The van der Waals surface area contributed by atoms with E-state index in [0.717, 1.165) is 26.2 Å². The van der Waals surface area contributed by atoms with E-state index in [1.807, 2.05) is 6.92 Å². The molecule has 0 spiro atoms. The molecule has 0 bridgehead atoms. The number of rotatable bonds is 6. The van der Waals surface area contributed by atoms with Gasteiger partial charge >= 0.3 is 5.97 Å². The zero-order chi connectivity index (χ0) is 12.0. The molecule has 1 N–H and O–H groups in total. The summed E-state index contributed by atoms with van der Waals surface area (Å²) in [7, 11) is 0. The van der Waals surface area contributed by atoms with Crippen LogP contribution in [0.4, 0.5) is 0 Å². The van der Waals surface area contributed by atoms with E-state index in [1.165, 1.54) is 19.3 Å². The number of unbranched alkanes of at least 4 members (excludes halogenated alkanes) is 2. The Morgan fingerprint density at radius 1 is 1.31 bits per heavy atom. The summed E-state index contributed by atoms with van der Waals surface area (Å²) in [4.78, 5) is 15.5. The minimum absolute atomic E-state index is 0.305. The maximum absolute atomic E-state index is 11.1. The van der Waals surface area contributed by atoms with Crippen LogP contribution in [0.25, 0.3) is 0 Å². The fraction of sp³-hybridized carbons (Fsp3) is 0.917. The molecule has 1 rings (SSSR count). The highest BCUT2D eigenvalue weighted by Crippen LogP contribution is 2.11. The first-order chi connectivity index (χ1) is 7.69. The highest BCUT2D eigenvalue weighted by molar-refractivity contribution is 5.73. The van der Waals surface area contributed by atoms with Gasteiger partial charge in [-0.3, -0.25) is 14.6 Å². The summed E-state index contributed by atoms with van der Waals surface area (Å²) in [5.74, 6) is -0.679. The van der Waals surface area contributed by atoms with Gasteiger partial charge < -0.3 is 5.11 Å². The molecule has 1 heterocycles. The summed E-state index contributed by atoms with van der Waals surface area (Å²) in [6.45, 7) is 8.69. The van der Waals surface area contributed by atoms with E-state index in [0.29, 0.717) is 6.54 Å². The quantitative estimate of drug-likeness (QED) is 0.695. The molecule has 1 unspecified atom stereocenters. The van der Waals surface area contributed by atoms with Crippen LogP contribution in [0.3, 0.4) is 0 Å². The minimum Gasteiger partial charge on any atom is -0.480 e. The molecule has 1 fully saturated rings. The maximum atomic E-state index is 11.1. The molecule has 0 aromatic heterocycles.